The van der Waals surface area contributed by atoms with E-state index in [1.807, 2.05) is 18.2 Å². The van der Waals surface area contributed by atoms with Crippen molar-refractivity contribution in [3.63, 3.8) is 0 Å². The predicted octanol–water partition coefficient (Wildman–Crippen LogP) is 3.87. The van der Waals surface area contributed by atoms with Gasteiger partial charge in [-0.3, -0.25) is 0 Å². The molecule has 0 bridgehead atoms. The Morgan fingerprint density at radius 2 is 2.03 bits per heavy atom. The minimum atomic E-state index is 0.472. The number of anilines is 2. The van der Waals surface area contributed by atoms with Crippen molar-refractivity contribution in [3.8, 4) is 11.6 Å². The van der Waals surface area contributed by atoms with Gasteiger partial charge in [0.1, 0.15) is 11.6 Å². The van der Waals surface area contributed by atoms with E-state index in [4.69, 9.17) is 15.1 Å². The average Bonchev–Trinajstić information content (AvgIpc) is 3.16. The Bertz CT molecular complexity index is 1380. The van der Waals surface area contributed by atoms with Gasteiger partial charge in [-0.25, -0.2) is 0 Å². The third-order valence-corrected chi connectivity index (χ3v) is 5.91. The second-order valence-electron chi connectivity index (χ2n) is 8.27. The summed E-state index contributed by atoms with van der Waals surface area (Å²) in [5.74, 6) is 3.57. The third kappa shape index (κ3) is 3.20. The molecule has 0 atom stereocenters. The molecule has 4 aromatic heterocycles. The van der Waals surface area contributed by atoms with Crippen LogP contribution in [0.4, 0.5) is 11.6 Å². The van der Waals surface area contributed by atoms with Crippen LogP contribution in [0.5, 0.6) is 0 Å². The summed E-state index contributed by atoms with van der Waals surface area (Å²) in [6.45, 7) is 1.71. The van der Waals surface area contributed by atoms with Gasteiger partial charge in [0.05, 0.1) is 6.26 Å². The summed E-state index contributed by atoms with van der Waals surface area (Å²) >= 11 is 0. The highest BCUT2D eigenvalue weighted by molar-refractivity contribution is 5.84. The fourth-order valence-electron chi connectivity index (χ4n) is 4.16. The van der Waals surface area contributed by atoms with Crippen molar-refractivity contribution in [3.05, 3.63) is 60.5 Å². The van der Waals surface area contributed by atoms with Gasteiger partial charge in [-0.2, -0.15) is 14.5 Å². The van der Waals surface area contributed by atoms with Crippen LogP contribution < -0.4 is 10.6 Å². The molecule has 156 valence electrons. The van der Waals surface area contributed by atoms with Crippen molar-refractivity contribution >= 4 is 28.3 Å². The Morgan fingerprint density at radius 3 is 2.84 bits per heavy atom. The van der Waals surface area contributed by atoms with Gasteiger partial charge in [-0.05, 0) is 42.5 Å². The largest absolute Gasteiger partial charge is 0.461 e. The molecule has 0 aliphatic heterocycles. The number of aromatic nitrogens is 5. The molecule has 1 aromatic carbocycles. The standard InChI is InChI=1S/C23H23N7O/c1-28-13-16(17-5-2-3-6-18(17)28)14-29(12-15-8-9-15)21-11-20(24)30-23(25-21)26-22(27-30)19-7-4-10-31-19/h2-7,10-11,13,15H,8-9,12,14,24H2,1H3. The van der Waals surface area contributed by atoms with Crippen LogP contribution in [-0.4, -0.2) is 30.7 Å². The molecule has 0 spiro atoms. The normalized spacial score (nSPS) is 14.0. The van der Waals surface area contributed by atoms with Crippen molar-refractivity contribution in [2.24, 2.45) is 13.0 Å². The first-order chi connectivity index (χ1) is 15.2. The number of hydrogen-bond donors (Lipinski definition) is 1. The fraction of sp³-hybridized carbons (Fsp3) is 0.261. The zero-order valence-corrected chi connectivity index (χ0v) is 17.3. The predicted molar refractivity (Wildman–Crippen MR) is 120 cm³/mol. The molecular formula is C23H23N7O. The lowest BCUT2D eigenvalue weighted by Gasteiger charge is -2.24. The van der Waals surface area contributed by atoms with E-state index >= 15 is 0 Å². The van der Waals surface area contributed by atoms with Gasteiger partial charge in [-0.15, -0.1) is 5.10 Å². The average molecular weight is 413 g/mol. The molecule has 1 aliphatic carbocycles. The monoisotopic (exact) mass is 413 g/mol. The lowest BCUT2D eigenvalue weighted by Crippen LogP contribution is -2.26. The zero-order valence-electron chi connectivity index (χ0n) is 17.3. The van der Waals surface area contributed by atoms with Gasteiger partial charge < -0.3 is 19.6 Å². The van der Waals surface area contributed by atoms with Crippen molar-refractivity contribution in [1.29, 1.82) is 0 Å². The lowest BCUT2D eigenvalue weighted by atomic mass is 10.1. The van der Waals surface area contributed by atoms with Gasteiger partial charge in [0.15, 0.2) is 5.76 Å². The number of benzene rings is 1. The third-order valence-electron chi connectivity index (χ3n) is 5.91. The lowest BCUT2D eigenvalue weighted by molar-refractivity contribution is 0.577. The minimum absolute atomic E-state index is 0.472. The van der Waals surface area contributed by atoms with E-state index in [0.717, 1.165) is 18.9 Å². The van der Waals surface area contributed by atoms with Crippen LogP contribution in [-0.2, 0) is 13.6 Å². The topological polar surface area (TPSA) is 90.4 Å². The van der Waals surface area contributed by atoms with E-state index in [-0.39, 0.29) is 0 Å². The molecule has 2 N–H and O–H groups in total. The maximum Gasteiger partial charge on any atom is 0.256 e. The zero-order chi connectivity index (χ0) is 20.9. The van der Waals surface area contributed by atoms with E-state index in [9.17, 15) is 0 Å². The molecule has 5 aromatic rings. The van der Waals surface area contributed by atoms with E-state index < -0.39 is 0 Å². The second kappa shape index (κ2) is 6.87. The summed E-state index contributed by atoms with van der Waals surface area (Å²) in [6, 6.07) is 14.0. The van der Waals surface area contributed by atoms with Gasteiger partial charge in [0.2, 0.25) is 5.82 Å². The summed E-state index contributed by atoms with van der Waals surface area (Å²) in [4.78, 5) is 11.7. The molecule has 0 unspecified atom stereocenters. The number of nitrogen functional groups attached to an aromatic ring is 1. The second-order valence-corrected chi connectivity index (χ2v) is 8.27. The first kappa shape index (κ1) is 18.0. The molecule has 1 fully saturated rings. The van der Waals surface area contributed by atoms with Crippen LogP contribution >= 0.6 is 0 Å². The summed E-state index contributed by atoms with van der Waals surface area (Å²) < 4.78 is 9.17. The van der Waals surface area contributed by atoms with Crippen molar-refractivity contribution < 1.29 is 4.42 Å². The number of fused-ring (bicyclic) bond motifs is 2. The first-order valence-electron chi connectivity index (χ1n) is 10.5. The number of nitrogens with two attached hydrogens (primary N) is 1. The van der Waals surface area contributed by atoms with Crippen LogP contribution in [0.25, 0.3) is 28.3 Å². The number of hydrogen-bond acceptors (Lipinski definition) is 6. The number of aryl methyl sites for hydroxylation is 1. The minimum Gasteiger partial charge on any atom is -0.461 e. The highest BCUT2D eigenvalue weighted by Gasteiger charge is 2.26. The Morgan fingerprint density at radius 1 is 1.16 bits per heavy atom. The van der Waals surface area contributed by atoms with E-state index in [2.05, 4.69) is 57.1 Å². The maximum absolute atomic E-state index is 6.36. The first-order valence-corrected chi connectivity index (χ1v) is 10.5. The Balaban J connectivity index is 1.41. The van der Waals surface area contributed by atoms with Crippen LogP contribution in [0.15, 0.2) is 59.3 Å². The molecule has 1 aliphatic rings. The van der Waals surface area contributed by atoms with Gasteiger partial charge >= 0.3 is 0 Å². The van der Waals surface area contributed by atoms with Gasteiger partial charge in [-0.1, -0.05) is 18.2 Å². The molecule has 4 heterocycles. The maximum atomic E-state index is 6.36. The fourth-order valence-corrected chi connectivity index (χ4v) is 4.16. The molecule has 31 heavy (non-hydrogen) atoms. The Kier molecular flexibility index (Phi) is 3.99. The molecule has 8 nitrogen and oxygen atoms in total. The highest BCUT2D eigenvalue weighted by atomic mass is 16.3. The number of para-hydroxylation sites is 1. The summed E-state index contributed by atoms with van der Waals surface area (Å²) in [7, 11) is 2.09. The number of rotatable bonds is 6. The van der Waals surface area contributed by atoms with E-state index in [1.54, 1.807) is 10.8 Å². The SMILES string of the molecule is Cn1cc(CN(CC2CC2)c2cc(N)n3nc(-c4ccco4)nc3n2)c2ccccc21. The summed E-state index contributed by atoms with van der Waals surface area (Å²) in [5, 5.41) is 5.73. The molecule has 0 radical (unpaired) electrons. The molecule has 6 rings (SSSR count). The van der Waals surface area contributed by atoms with Crippen LogP contribution in [0, 0.1) is 5.92 Å². The summed E-state index contributed by atoms with van der Waals surface area (Å²) in [5.41, 5.74) is 8.86. The van der Waals surface area contributed by atoms with Crippen LogP contribution in [0.2, 0.25) is 0 Å². The van der Waals surface area contributed by atoms with E-state index in [0.29, 0.717) is 29.1 Å². The molecule has 8 heteroatoms. The van der Waals surface area contributed by atoms with Crippen LogP contribution in [0.1, 0.15) is 18.4 Å². The highest BCUT2D eigenvalue weighted by Crippen LogP contribution is 2.33. The van der Waals surface area contributed by atoms with Gasteiger partial charge in [0, 0.05) is 43.3 Å². The van der Waals surface area contributed by atoms with Crippen molar-refractivity contribution in [1.82, 2.24) is 24.1 Å². The Labute approximate surface area is 178 Å². The van der Waals surface area contributed by atoms with Crippen LogP contribution in [0.3, 0.4) is 0 Å². The van der Waals surface area contributed by atoms with Crippen molar-refractivity contribution in [2.75, 3.05) is 17.2 Å². The molecule has 1 saturated carbocycles. The molecule has 0 amide bonds. The van der Waals surface area contributed by atoms with Crippen molar-refractivity contribution in [2.45, 2.75) is 19.4 Å². The smallest absolute Gasteiger partial charge is 0.256 e. The molecule has 0 saturated heterocycles. The van der Waals surface area contributed by atoms with Gasteiger partial charge in [0.25, 0.3) is 5.78 Å². The number of nitrogens with zero attached hydrogens (tertiary/aromatic N) is 6. The quantitative estimate of drug-likeness (QED) is 0.454. The Hall–Kier alpha value is -3.81. The number of furan rings is 1. The molecular weight excluding hydrogens is 390 g/mol. The summed E-state index contributed by atoms with van der Waals surface area (Å²) in [6.07, 6.45) is 6.33. The van der Waals surface area contributed by atoms with E-state index in [1.165, 1.54) is 29.3 Å².